The summed E-state index contributed by atoms with van der Waals surface area (Å²) in [5.41, 5.74) is 10.3. The number of nitrogens with two attached hydrogens (primary N) is 1. The van der Waals surface area contributed by atoms with Crippen molar-refractivity contribution < 1.29 is 18.3 Å². The topological polar surface area (TPSA) is 114 Å². The van der Waals surface area contributed by atoms with Gasteiger partial charge in [0.25, 0.3) is 5.91 Å². The normalized spacial score (nSPS) is 25.3. The van der Waals surface area contributed by atoms with E-state index in [1.807, 2.05) is 26.0 Å². The number of fused-ring (bicyclic) bond motifs is 3. The molecule has 3 aliphatic rings. The molecule has 5 rings (SSSR count). The van der Waals surface area contributed by atoms with Crippen LogP contribution >= 0.6 is 0 Å². The second-order valence-corrected chi connectivity index (χ2v) is 13.0. The Labute approximate surface area is 201 Å². The number of primary amides is 1. The maximum absolute atomic E-state index is 13.4. The van der Waals surface area contributed by atoms with Crippen molar-refractivity contribution in [1.29, 1.82) is 0 Å². The number of sulfone groups is 1. The van der Waals surface area contributed by atoms with Gasteiger partial charge in [0.15, 0.2) is 9.84 Å². The largest absolute Gasteiger partial charge is 0.393 e. The third-order valence-corrected chi connectivity index (χ3v) is 9.90. The van der Waals surface area contributed by atoms with Gasteiger partial charge in [0.1, 0.15) is 0 Å². The Hall–Kier alpha value is -2.32. The van der Waals surface area contributed by atoms with Crippen LogP contribution in [-0.2, 0) is 29.1 Å². The second kappa shape index (κ2) is 8.41. The Morgan fingerprint density at radius 2 is 1.82 bits per heavy atom. The molecule has 0 spiro atoms. The van der Waals surface area contributed by atoms with Crippen molar-refractivity contribution in [2.45, 2.75) is 88.7 Å². The summed E-state index contributed by atoms with van der Waals surface area (Å²) in [4.78, 5) is 12.8. The first kappa shape index (κ1) is 23.4. The Morgan fingerprint density at radius 1 is 1.12 bits per heavy atom. The number of amides is 1. The van der Waals surface area contributed by atoms with Gasteiger partial charge in [0, 0.05) is 28.8 Å². The molecule has 2 heterocycles. The van der Waals surface area contributed by atoms with Crippen LogP contribution in [0.5, 0.6) is 0 Å². The van der Waals surface area contributed by atoms with Gasteiger partial charge in [-0.25, -0.2) is 8.42 Å². The zero-order valence-corrected chi connectivity index (χ0v) is 20.9. The van der Waals surface area contributed by atoms with Gasteiger partial charge in [-0.2, -0.15) is 0 Å². The zero-order valence-electron chi connectivity index (χ0n) is 20.1. The molecule has 1 amide bonds. The van der Waals surface area contributed by atoms with Crippen LogP contribution in [0.1, 0.15) is 79.7 Å². The summed E-state index contributed by atoms with van der Waals surface area (Å²) in [6.45, 7) is 4.04. The van der Waals surface area contributed by atoms with E-state index in [2.05, 4.69) is 9.88 Å². The van der Waals surface area contributed by atoms with Crippen molar-refractivity contribution in [2.24, 2.45) is 11.1 Å². The number of aliphatic hydroxyl groups is 1. The van der Waals surface area contributed by atoms with Crippen LogP contribution in [-0.4, -0.2) is 41.9 Å². The molecule has 1 aromatic heterocycles. The summed E-state index contributed by atoms with van der Waals surface area (Å²) in [6.07, 6.45) is 7.21. The second-order valence-electron chi connectivity index (χ2n) is 11.1. The van der Waals surface area contributed by atoms with Crippen molar-refractivity contribution in [3.8, 4) is 5.69 Å². The lowest BCUT2D eigenvalue weighted by atomic mass is 9.89. The first-order valence-corrected chi connectivity index (χ1v) is 14.1. The quantitative estimate of drug-likeness (QED) is 0.613. The van der Waals surface area contributed by atoms with Crippen molar-refractivity contribution in [3.63, 3.8) is 0 Å². The third kappa shape index (κ3) is 4.15. The van der Waals surface area contributed by atoms with Crippen LogP contribution in [0, 0.1) is 5.41 Å². The highest BCUT2D eigenvalue weighted by molar-refractivity contribution is 7.91. The van der Waals surface area contributed by atoms with Gasteiger partial charge < -0.3 is 20.7 Å². The molecular weight excluding hydrogens is 450 g/mol. The van der Waals surface area contributed by atoms with Crippen LogP contribution in [0.4, 0.5) is 5.69 Å². The summed E-state index contributed by atoms with van der Waals surface area (Å²) >= 11 is 0. The molecule has 1 aromatic carbocycles. The van der Waals surface area contributed by atoms with Gasteiger partial charge in [-0.15, -0.1) is 0 Å². The van der Waals surface area contributed by atoms with E-state index >= 15 is 0 Å². The van der Waals surface area contributed by atoms with Crippen molar-refractivity contribution >= 4 is 21.4 Å². The number of nitrogens with one attached hydrogen (secondary N) is 1. The van der Waals surface area contributed by atoms with E-state index in [1.54, 1.807) is 6.07 Å². The lowest BCUT2D eigenvalue weighted by molar-refractivity contribution is 0.100. The van der Waals surface area contributed by atoms with Crippen molar-refractivity contribution in [1.82, 2.24) is 4.57 Å². The lowest BCUT2D eigenvalue weighted by Gasteiger charge is -2.31. The van der Waals surface area contributed by atoms with Crippen LogP contribution < -0.4 is 11.1 Å². The molecule has 1 saturated carbocycles. The van der Waals surface area contributed by atoms with E-state index in [-0.39, 0.29) is 23.3 Å². The predicted octanol–water partition coefficient (Wildman–Crippen LogP) is 3.53. The third-order valence-electron chi connectivity index (χ3n) is 7.64. The minimum absolute atomic E-state index is 0.156. The molecule has 2 aromatic rings. The Balaban J connectivity index is 1.65. The molecule has 2 aliphatic carbocycles. The number of carbonyl (C=O) groups excluding carboxylic acids is 1. The summed E-state index contributed by atoms with van der Waals surface area (Å²) in [7, 11) is -3.37. The summed E-state index contributed by atoms with van der Waals surface area (Å²) in [5.74, 6) is -0.324. The number of anilines is 1. The zero-order chi connectivity index (χ0) is 24.3. The number of carbonyl (C=O) groups is 1. The van der Waals surface area contributed by atoms with E-state index in [1.165, 1.54) is 0 Å². The molecule has 0 saturated heterocycles. The number of hydrogen-bond acceptors (Lipinski definition) is 5. The molecule has 184 valence electrons. The van der Waals surface area contributed by atoms with E-state index in [9.17, 15) is 18.3 Å². The first-order chi connectivity index (χ1) is 16.1. The smallest absolute Gasteiger partial charge is 0.250 e. The minimum Gasteiger partial charge on any atom is -0.393 e. The van der Waals surface area contributed by atoms with Crippen LogP contribution in [0.2, 0.25) is 0 Å². The molecule has 0 bridgehead atoms. The van der Waals surface area contributed by atoms with E-state index in [0.29, 0.717) is 22.6 Å². The van der Waals surface area contributed by atoms with Gasteiger partial charge in [0.05, 0.1) is 22.3 Å². The number of nitrogens with zero attached hydrogens (tertiary/aromatic N) is 1. The van der Waals surface area contributed by atoms with E-state index in [4.69, 9.17) is 5.73 Å². The summed E-state index contributed by atoms with van der Waals surface area (Å²) < 4.78 is 29.0. The van der Waals surface area contributed by atoms with Gasteiger partial charge in [0.2, 0.25) is 0 Å². The average molecular weight is 486 g/mol. The maximum Gasteiger partial charge on any atom is 0.250 e. The monoisotopic (exact) mass is 485 g/mol. The maximum atomic E-state index is 13.4. The molecule has 0 unspecified atom stereocenters. The molecule has 8 heteroatoms. The lowest BCUT2D eigenvalue weighted by Crippen LogP contribution is -2.33. The van der Waals surface area contributed by atoms with Crippen LogP contribution in [0.15, 0.2) is 23.1 Å². The fourth-order valence-electron chi connectivity index (χ4n) is 6.19. The highest BCUT2D eigenvalue weighted by Gasteiger charge is 2.42. The standard InChI is InChI=1S/C26H35N3O4S/c1-26(2)14-23-24(34(32,33)15-26)20-5-3-4-6-22(20)29(23)17-9-12-19(25(27)31)21(13-17)28-16-7-10-18(30)11-8-16/h9,12-13,16,18,28,30H,3-8,10-11,14-15H2,1-2H3,(H2,27,31). The van der Waals surface area contributed by atoms with Gasteiger partial charge in [-0.05, 0) is 87.0 Å². The first-order valence-electron chi connectivity index (χ1n) is 12.4. The molecule has 4 N–H and O–H groups in total. The Morgan fingerprint density at radius 3 is 2.53 bits per heavy atom. The van der Waals surface area contributed by atoms with E-state index < -0.39 is 15.7 Å². The molecule has 7 nitrogen and oxygen atoms in total. The summed E-state index contributed by atoms with van der Waals surface area (Å²) in [5, 5.41) is 13.4. The number of rotatable bonds is 4. The molecule has 0 atom stereocenters. The number of aromatic nitrogens is 1. The Bertz CT molecular complexity index is 1240. The fraction of sp³-hybridized carbons (Fsp3) is 0.577. The minimum atomic E-state index is -3.37. The SMILES string of the molecule is CC1(C)Cc2c(c3c(n2-c2ccc(C(N)=O)c(NC4CCC(O)CC4)c2)CCCC3)S(=O)(=O)C1. The number of aliphatic hydroxyl groups excluding tert-OH is 1. The molecule has 0 radical (unpaired) electrons. The molecule has 1 fully saturated rings. The van der Waals surface area contributed by atoms with Gasteiger partial charge >= 0.3 is 0 Å². The predicted molar refractivity (Wildman–Crippen MR) is 132 cm³/mol. The number of benzene rings is 1. The molecule has 34 heavy (non-hydrogen) atoms. The van der Waals surface area contributed by atoms with Crippen LogP contribution in [0.3, 0.4) is 0 Å². The van der Waals surface area contributed by atoms with Crippen molar-refractivity contribution in [3.05, 3.63) is 40.7 Å². The molecular formula is C26H35N3O4S. The van der Waals surface area contributed by atoms with Gasteiger partial charge in [-0.3, -0.25) is 4.79 Å². The number of hydrogen-bond donors (Lipinski definition) is 3. The summed E-state index contributed by atoms with van der Waals surface area (Å²) in [6, 6.07) is 5.75. The van der Waals surface area contributed by atoms with Crippen LogP contribution in [0.25, 0.3) is 5.69 Å². The molecule has 1 aliphatic heterocycles. The average Bonchev–Trinajstić information content (AvgIpc) is 3.08. The van der Waals surface area contributed by atoms with Crippen molar-refractivity contribution in [2.75, 3.05) is 11.1 Å². The van der Waals surface area contributed by atoms with Gasteiger partial charge in [-0.1, -0.05) is 13.8 Å². The highest BCUT2D eigenvalue weighted by Crippen LogP contribution is 2.44. The van der Waals surface area contributed by atoms with E-state index in [0.717, 1.165) is 74.0 Å². The highest BCUT2D eigenvalue weighted by atomic mass is 32.2. The Kier molecular flexibility index (Phi) is 5.80. The fourth-order valence-corrected chi connectivity index (χ4v) is 8.59.